The summed E-state index contributed by atoms with van der Waals surface area (Å²) < 4.78 is 0. The first-order valence-corrected chi connectivity index (χ1v) is 9.84. The van der Waals surface area contributed by atoms with Crippen molar-refractivity contribution in [3.63, 3.8) is 0 Å². The van der Waals surface area contributed by atoms with Crippen LogP contribution in [-0.4, -0.2) is 14.0 Å². The van der Waals surface area contributed by atoms with Crippen LogP contribution in [0.15, 0.2) is 11.3 Å². The van der Waals surface area contributed by atoms with E-state index in [2.05, 4.69) is 25.7 Å². The molecule has 0 radical (unpaired) electrons. The summed E-state index contributed by atoms with van der Waals surface area (Å²) in [5.41, 5.74) is 0. The molecule has 14 heavy (non-hydrogen) atoms. The number of allylic oxidation sites excluding steroid dienone is 2. The van der Waals surface area contributed by atoms with Crippen molar-refractivity contribution in [2.45, 2.75) is 51.7 Å². The minimum absolute atomic E-state index is 0.756. The van der Waals surface area contributed by atoms with Gasteiger partial charge in [-0.25, -0.2) is 0 Å². The Morgan fingerprint density at radius 3 is 2.21 bits per heavy atom. The van der Waals surface area contributed by atoms with Crippen LogP contribution in [0.5, 0.6) is 0 Å². The van der Waals surface area contributed by atoms with Crippen LogP contribution in [0.25, 0.3) is 0 Å². The highest BCUT2D eigenvalue weighted by Gasteiger charge is 2.20. The molecular formula is C12H23ClSi. The van der Waals surface area contributed by atoms with Gasteiger partial charge >= 0.3 is 0 Å². The number of halogens is 1. The highest BCUT2D eigenvalue weighted by molar-refractivity contribution is 6.83. The third-order valence-corrected chi connectivity index (χ3v) is 5.98. The zero-order valence-electron chi connectivity index (χ0n) is 9.78. The molecule has 0 heterocycles. The van der Waals surface area contributed by atoms with E-state index >= 15 is 0 Å². The van der Waals surface area contributed by atoms with E-state index in [9.17, 15) is 0 Å². The fraction of sp³-hybridized carbons (Fsp3) is 0.833. The summed E-state index contributed by atoms with van der Waals surface area (Å²) in [6, 6.07) is 0. The maximum absolute atomic E-state index is 6.04. The maximum Gasteiger partial charge on any atom is 0.0735 e. The molecule has 0 unspecified atom stereocenters. The van der Waals surface area contributed by atoms with E-state index in [0.717, 1.165) is 11.8 Å². The van der Waals surface area contributed by atoms with Crippen LogP contribution in [0, 0.1) is 5.92 Å². The van der Waals surface area contributed by atoms with Gasteiger partial charge in [0, 0.05) is 5.88 Å². The molecule has 0 saturated heterocycles. The largest absolute Gasteiger partial charge is 0.122 e. The van der Waals surface area contributed by atoms with E-state index in [4.69, 9.17) is 11.6 Å². The van der Waals surface area contributed by atoms with Crippen molar-refractivity contribution in [1.29, 1.82) is 0 Å². The molecule has 0 nitrogen and oxygen atoms in total. The highest BCUT2D eigenvalue weighted by atomic mass is 35.5. The minimum atomic E-state index is -1.14. The summed E-state index contributed by atoms with van der Waals surface area (Å²) in [4.78, 5) is 0. The van der Waals surface area contributed by atoms with Crippen LogP contribution in [0.1, 0.15) is 32.1 Å². The first kappa shape index (κ1) is 12.3. The Hall–Kier alpha value is 0.247. The lowest BCUT2D eigenvalue weighted by molar-refractivity contribution is 0.418. The van der Waals surface area contributed by atoms with Crippen LogP contribution in [0.3, 0.4) is 0 Å². The van der Waals surface area contributed by atoms with Crippen LogP contribution in [0.4, 0.5) is 0 Å². The molecule has 1 saturated carbocycles. The third-order valence-electron chi connectivity index (χ3n) is 3.19. The SMILES string of the molecule is C[Si](C)(C)/C(=C/C1CCCCC1)CCl. The van der Waals surface area contributed by atoms with Gasteiger partial charge in [-0.1, -0.05) is 50.2 Å². The second-order valence-corrected chi connectivity index (χ2v) is 10.9. The average Bonchev–Trinajstić information content (AvgIpc) is 2.14. The summed E-state index contributed by atoms with van der Waals surface area (Å²) in [7, 11) is -1.14. The van der Waals surface area contributed by atoms with Gasteiger partial charge in [0.25, 0.3) is 0 Å². The number of rotatable bonds is 3. The molecule has 0 atom stereocenters. The first-order valence-electron chi connectivity index (χ1n) is 5.81. The van der Waals surface area contributed by atoms with Crippen molar-refractivity contribution in [3.8, 4) is 0 Å². The Balaban J connectivity index is 2.62. The van der Waals surface area contributed by atoms with Crippen LogP contribution in [-0.2, 0) is 0 Å². The normalized spacial score (nSPS) is 21.3. The fourth-order valence-electron chi connectivity index (χ4n) is 2.08. The van der Waals surface area contributed by atoms with Gasteiger partial charge in [-0.05, 0) is 18.8 Å². The molecule has 0 aromatic heterocycles. The van der Waals surface area contributed by atoms with E-state index in [1.807, 2.05) is 0 Å². The molecule has 1 aliphatic rings. The van der Waals surface area contributed by atoms with Crippen LogP contribution >= 0.6 is 11.6 Å². The standard InChI is InChI=1S/C12H23ClSi/c1-14(2,3)12(10-13)9-11-7-5-4-6-8-11/h9,11H,4-8,10H2,1-3H3/b12-9+. The average molecular weight is 231 g/mol. The zero-order valence-corrected chi connectivity index (χ0v) is 11.5. The molecule has 0 aliphatic heterocycles. The van der Waals surface area contributed by atoms with Crippen molar-refractivity contribution < 1.29 is 0 Å². The first-order chi connectivity index (χ1) is 6.54. The second kappa shape index (κ2) is 5.36. The van der Waals surface area contributed by atoms with E-state index < -0.39 is 8.07 Å². The molecular weight excluding hydrogens is 208 g/mol. The predicted molar refractivity (Wildman–Crippen MR) is 68.7 cm³/mol. The molecule has 0 aromatic rings. The van der Waals surface area contributed by atoms with Crippen molar-refractivity contribution in [1.82, 2.24) is 0 Å². The molecule has 1 aliphatic carbocycles. The van der Waals surface area contributed by atoms with Gasteiger partial charge < -0.3 is 0 Å². The Morgan fingerprint density at radius 2 is 1.79 bits per heavy atom. The lowest BCUT2D eigenvalue weighted by Gasteiger charge is -2.24. The summed E-state index contributed by atoms with van der Waals surface area (Å²) in [6.45, 7) is 7.18. The monoisotopic (exact) mass is 230 g/mol. The smallest absolute Gasteiger partial charge is 0.0735 e. The maximum atomic E-state index is 6.04. The third kappa shape index (κ3) is 3.78. The topological polar surface area (TPSA) is 0 Å². The Bertz CT molecular complexity index is 197. The van der Waals surface area contributed by atoms with Gasteiger partial charge in [0.15, 0.2) is 0 Å². The van der Waals surface area contributed by atoms with Crippen LogP contribution < -0.4 is 0 Å². The number of hydrogen-bond donors (Lipinski definition) is 0. The van der Waals surface area contributed by atoms with Gasteiger partial charge in [0.1, 0.15) is 0 Å². The van der Waals surface area contributed by atoms with Gasteiger partial charge in [-0.2, -0.15) is 0 Å². The zero-order chi connectivity index (χ0) is 10.6. The Morgan fingerprint density at radius 1 is 1.21 bits per heavy atom. The fourth-order valence-corrected chi connectivity index (χ4v) is 4.51. The highest BCUT2D eigenvalue weighted by Crippen LogP contribution is 2.28. The Labute approximate surface area is 94.7 Å². The number of hydrogen-bond acceptors (Lipinski definition) is 0. The van der Waals surface area contributed by atoms with Gasteiger partial charge in [0.05, 0.1) is 8.07 Å². The number of alkyl halides is 1. The molecule has 1 fully saturated rings. The van der Waals surface area contributed by atoms with Crippen LogP contribution in [0.2, 0.25) is 19.6 Å². The van der Waals surface area contributed by atoms with Crippen molar-refractivity contribution in [2.75, 3.05) is 5.88 Å². The molecule has 0 N–H and O–H groups in total. The lowest BCUT2D eigenvalue weighted by Crippen LogP contribution is -2.26. The van der Waals surface area contributed by atoms with Crippen molar-refractivity contribution in [3.05, 3.63) is 11.3 Å². The Kier molecular flexibility index (Phi) is 4.72. The minimum Gasteiger partial charge on any atom is -0.122 e. The lowest BCUT2D eigenvalue weighted by atomic mass is 9.89. The summed E-state index contributed by atoms with van der Waals surface area (Å²) >= 11 is 6.04. The predicted octanol–water partition coefficient (Wildman–Crippen LogP) is 4.61. The molecule has 0 aromatic carbocycles. The summed E-state index contributed by atoms with van der Waals surface area (Å²) in [5, 5.41) is 1.56. The van der Waals surface area contributed by atoms with E-state index in [-0.39, 0.29) is 0 Å². The molecule has 1 rings (SSSR count). The van der Waals surface area contributed by atoms with Gasteiger partial charge in [0.2, 0.25) is 0 Å². The van der Waals surface area contributed by atoms with Gasteiger partial charge in [-0.3, -0.25) is 0 Å². The molecule has 0 amide bonds. The molecule has 0 spiro atoms. The summed E-state index contributed by atoms with van der Waals surface area (Å²) in [6.07, 6.45) is 9.58. The quantitative estimate of drug-likeness (QED) is 0.491. The molecule has 0 bridgehead atoms. The van der Waals surface area contributed by atoms with Crippen molar-refractivity contribution >= 4 is 19.7 Å². The van der Waals surface area contributed by atoms with E-state index in [1.54, 1.807) is 5.20 Å². The second-order valence-electron chi connectivity index (χ2n) is 5.47. The molecule has 82 valence electrons. The van der Waals surface area contributed by atoms with Gasteiger partial charge in [-0.15, -0.1) is 11.6 Å². The summed E-state index contributed by atoms with van der Waals surface area (Å²) in [5.74, 6) is 1.59. The van der Waals surface area contributed by atoms with Crippen molar-refractivity contribution in [2.24, 2.45) is 5.92 Å². The van der Waals surface area contributed by atoms with E-state index in [1.165, 1.54) is 32.1 Å². The molecule has 2 heteroatoms. The van der Waals surface area contributed by atoms with E-state index in [0.29, 0.717) is 0 Å².